The monoisotopic (exact) mass is 507 g/mol. The van der Waals surface area contributed by atoms with Gasteiger partial charge in [-0.2, -0.15) is 0 Å². The standard InChI is InChI=1S/C31H41NO5/c1-6-32(7-2)23-11-9-21(26(34)18-23)16-24-17-22(29(36)37-24)10-12-25-20(3)8-13-27-30(25,4)15-14-28(35)31(27,5)19-33/h9-12,16-18,25,27-28,33-35H,3,6-8,13-15,19H2,1-2,4-5H3/t25?,27?,28-,30-,31+/m1/s1. The maximum absolute atomic E-state index is 12.6. The van der Waals surface area contributed by atoms with Crippen molar-refractivity contribution in [1.29, 1.82) is 0 Å². The third kappa shape index (κ3) is 4.89. The highest BCUT2D eigenvalue weighted by Crippen LogP contribution is 2.61. The van der Waals surface area contributed by atoms with Gasteiger partial charge in [-0.05, 0) is 75.1 Å². The minimum Gasteiger partial charge on any atom is -0.507 e. The van der Waals surface area contributed by atoms with Gasteiger partial charge in [0.25, 0.3) is 0 Å². The van der Waals surface area contributed by atoms with Gasteiger partial charge in [-0.3, -0.25) is 0 Å². The number of carbonyl (C=O) groups excluding carboxylic acids is 1. The zero-order valence-corrected chi connectivity index (χ0v) is 22.5. The van der Waals surface area contributed by atoms with Crippen molar-refractivity contribution in [2.75, 3.05) is 24.6 Å². The van der Waals surface area contributed by atoms with Crippen LogP contribution in [0.4, 0.5) is 5.69 Å². The molecule has 0 radical (unpaired) electrons. The Labute approximate surface area is 220 Å². The number of fused-ring (bicyclic) bond motifs is 1. The number of carbonyl (C=O) groups is 1. The Morgan fingerprint density at radius 3 is 2.59 bits per heavy atom. The van der Waals surface area contributed by atoms with Crippen LogP contribution in [0, 0.1) is 22.7 Å². The van der Waals surface area contributed by atoms with Gasteiger partial charge < -0.3 is 25.0 Å². The lowest BCUT2D eigenvalue weighted by Gasteiger charge is -2.59. The molecular formula is C31H41NO5. The number of ether oxygens (including phenoxy) is 1. The minimum absolute atomic E-state index is 0.0306. The molecule has 1 aliphatic heterocycles. The number of phenolic OH excluding ortho intramolecular Hbond substituents is 1. The fourth-order valence-corrected chi connectivity index (χ4v) is 6.88. The minimum atomic E-state index is -0.551. The molecule has 0 spiro atoms. The second-order valence-corrected chi connectivity index (χ2v) is 11.3. The molecule has 200 valence electrons. The molecule has 5 atom stereocenters. The van der Waals surface area contributed by atoms with E-state index < -0.39 is 17.5 Å². The summed E-state index contributed by atoms with van der Waals surface area (Å²) in [6.45, 7) is 14.4. The van der Waals surface area contributed by atoms with E-state index in [1.54, 1.807) is 18.2 Å². The number of nitrogens with zero attached hydrogens (tertiary/aromatic N) is 1. The first-order chi connectivity index (χ1) is 17.6. The Balaban J connectivity index is 1.57. The van der Waals surface area contributed by atoms with Crippen LogP contribution in [0.5, 0.6) is 5.75 Å². The van der Waals surface area contributed by atoms with Gasteiger partial charge in [-0.15, -0.1) is 0 Å². The Kier molecular flexibility index (Phi) is 7.72. The number of anilines is 1. The number of benzene rings is 1. The van der Waals surface area contributed by atoms with E-state index in [1.807, 2.05) is 25.1 Å². The summed E-state index contributed by atoms with van der Waals surface area (Å²) in [5.41, 5.74) is 2.38. The fraction of sp³-hybridized carbons (Fsp3) is 0.516. The molecule has 2 fully saturated rings. The van der Waals surface area contributed by atoms with E-state index >= 15 is 0 Å². The van der Waals surface area contributed by atoms with Crippen molar-refractivity contribution >= 4 is 17.7 Å². The molecule has 1 aromatic rings. The van der Waals surface area contributed by atoms with Crippen LogP contribution in [0.3, 0.4) is 0 Å². The largest absolute Gasteiger partial charge is 0.507 e. The van der Waals surface area contributed by atoms with Crippen LogP contribution in [0.2, 0.25) is 0 Å². The molecule has 0 bridgehead atoms. The third-order valence-corrected chi connectivity index (χ3v) is 9.21. The lowest BCUT2D eigenvalue weighted by molar-refractivity contribution is -0.145. The maximum atomic E-state index is 12.6. The highest BCUT2D eigenvalue weighted by atomic mass is 16.5. The van der Waals surface area contributed by atoms with E-state index in [2.05, 4.69) is 38.3 Å². The summed E-state index contributed by atoms with van der Waals surface area (Å²) in [5.74, 6) is 0.272. The van der Waals surface area contributed by atoms with Gasteiger partial charge >= 0.3 is 5.97 Å². The summed E-state index contributed by atoms with van der Waals surface area (Å²) >= 11 is 0. The van der Waals surface area contributed by atoms with E-state index in [4.69, 9.17) is 4.74 Å². The van der Waals surface area contributed by atoms with E-state index in [0.717, 1.165) is 43.6 Å². The van der Waals surface area contributed by atoms with Gasteiger partial charge in [0.2, 0.25) is 0 Å². The number of rotatable bonds is 7. The highest BCUT2D eigenvalue weighted by Gasteiger charge is 2.57. The Morgan fingerprint density at radius 1 is 1.22 bits per heavy atom. The fourth-order valence-electron chi connectivity index (χ4n) is 6.88. The van der Waals surface area contributed by atoms with E-state index in [1.165, 1.54) is 0 Å². The molecule has 2 aliphatic carbocycles. The Bertz CT molecular complexity index is 1150. The number of aliphatic hydroxyl groups is 2. The van der Waals surface area contributed by atoms with Crippen LogP contribution in [-0.4, -0.2) is 47.1 Å². The molecule has 6 heteroatoms. The topological polar surface area (TPSA) is 90.2 Å². The zero-order valence-electron chi connectivity index (χ0n) is 22.5. The summed E-state index contributed by atoms with van der Waals surface area (Å²) in [4.78, 5) is 14.8. The summed E-state index contributed by atoms with van der Waals surface area (Å²) in [6, 6.07) is 5.51. The summed E-state index contributed by atoms with van der Waals surface area (Å²) in [7, 11) is 0. The van der Waals surface area contributed by atoms with E-state index in [-0.39, 0.29) is 29.6 Å². The molecule has 4 rings (SSSR count). The molecule has 2 unspecified atom stereocenters. The molecule has 1 heterocycles. The number of phenols is 1. The molecule has 0 saturated heterocycles. The van der Waals surface area contributed by atoms with E-state index in [9.17, 15) is 20.1 Å². The second kappa shape index (κ2) is 10.5. The summed E-state index contributed by atoms with van der Waals surface area (Å²) in [5, 5.41) is 31.5. The SMILES string of the molecule is C=C1CCC2[C@](C)(CC[C@@H](O)[C@@]2(C)CO)C1C=CC1=CC(=Cc2ccc(N(CC)CC)cc2O)OC1=O. The molecule has 3 N–H and O–H groups in total. The molecule has 0 aromatic heterocycles. The number of esters is 1. The van der Waals surface area contributed by atoms with Crippen molar-refractivity contribution < 1.29 is 24.9 Å². The van der Waals surface area contributed by atoms with Gasteiger partial charge in [-0.1, -0.05) is 38.2 Å². The molecule has 3 aliphatic rings. The smallest absolute Gasteiger partial charge is 0.343 e. The second-order valence-electron chi connectivity index (χ2n) is 11.3. The first-order valence-electron chi connectivity index (χ1n) is 13.5. The van der Waals surface area contributed by atoms with Crippen molar-refractivity contribution in [3.8, 4) is 5.75 Å². The number of cyclic esters (lactones) is 1. The number of aliphatic hydroxyl groups excluding tert-OH is 2. The van der Waals surface area contributed by atoms with Gasteiger partial charge in [0.15, 0.2) is 0 Å². The average molecular weight is 508 g/mol. The number of hydrogen-bond acceptors (Lipinski definition) is 6. The lowest BCUT2D eigenvalue weighted by Crippen LogP contribution is -2.57. The summed E-state index contributed by atoms with van der Waals surface area (Å²) in [6.07, 6.45) is 9.90. The van der Waals surface area contributed by atoms with Crippen molar-refractivity contribution in [3.05, 3.63) is 65.5 Å². The van der Waals surface area contributed by atoms with Crippen LogP contribution in [0.1, 0.15) is 58.9 Å². The van der Waals surface area contributed by atoms with Crippen LogP contribution in [0.25, 0.3) is 6.08 Å². The van der Waals surface area contributed by atoms with Crippen molar-refractivity contribution in [2.45, 2.75) is 59.5 Å². The van der Waals surface area contributed by atoms with Crippen molar-refractivity contribution in [2.24, 2.45) is 22.7 Å². The normalized spacial score (nSPS) is 33.0. The number of hydrogen-bond donors (Lipinski definition) is 3. The lowest BCUT2D eigenvalue weighted by atomic mass is 9.46. The number of aromatic hydroxyl groups is 1. The quantitative estimate of drug-likeness (QED) is 0.340. The molecule has 0 amide bonds. The predicted molar refractivity (Wildman–Crippen MR) is 147 cm³/mol. The Hall–Kier alpha value is -2.83. The van der Waals surface area contributed by atoms with Gasteiger partial charge in [0.1, 0.15) is 11.5 Å². The maximum Gasteiger partial charge on any atom is 0.343 e. The van der Waals surface area contributed by atoms with E-state index in [0.29, 0.717) is 23.3 Å². The highest BCUT2D eigenvalue weighted by molar-refractivity contribution is 5.96. The third-order valence-electron chi connectivity index (χ3n) is 9.21. The van der Waals surface area contributed by atoms with Gasteiger partial charge in [0.05, 0.1) is 18.3 Å². The first kappa shape index (κ1) is 27.2. The van der Waals surface area contributed by atoms with Crippen LogP contribution >= 0.6 is 0 Å². The Morgan fingerprint density at radius 2 is 1.95 bits per heavy atom. The zero-order chi connectivity index (χ0) is 27.0. The molecule has 37 heavy (non-hydrogen) atoms. The molecule has 6 nitrogen and oxygen atoms in total. The van der Waals surface area contributed by atoms with Crippen LogP contribution in [-0.2, 0) is 9.53 Å². The first-order valence-corrected chi connectivity index (χ1v) is 13.5. The van der Waals surface area contributed by atoms with Crippen molar-refractivity contribution in [3.63, 3.8) is 0 Å². The van der Waals surface area contributed by atoms with Crippen LogP contribution in [0.15, 0.2) is 59.9 Å². The molecular weight excluding hydrogens is 466 g/mol. The van der Waals surface area contributed by atoms with Gasteiger partial charge in [0, 0.05) is 41.7 Å². The molecule has 1 aromatic carbocycles. The van der Waals surface area contributed by atoms with Crippen molar-refractivity contribution in [1.82, 2.24) is 0 Å². The average Bonchev–Trinajstić information content (AvgIpc) is 3.22. The summed E-state index contributed by atoms with van der Waals surface area (Å²) < 4.78 is 5.48. The van der Waals surface area contributed by atoms with Gasteiger partial charge in [-0.25, -0.2) is 4.79 Å². The van der Waals surface area contributed by atoms with Crippen LogP contribution < -0.4 is 4.90 Å². The predicted octanol–water partition coefficient (Wildman–Crippen LogP) is 5.36. The molecule has 2 saturated carbocycles. The number of allylic oxidation sites excluding steroid dienone is 3.